The Labute approximate surface area is 141 Å². The van der Waals surface area contributed by atoms with E-state index in [2.05, 4.69) is 5.32 Å². The quantitative estimate of drug-likeness (QED) is 0.689. The Hall–Kier alpha value is -1.57. The zero-order valence-corrected chi connectivity index (χ0v) is 13.4. The van der Waals surface area contributed by atoms with Gasteiger partial charge in [-0.3, -0.25) is 4.79 Å². The van der Waals surface area contributed by atoms with Gasteiger partial charge in [0.15, 0.2) is 0 Å². The van der Waals surface area contributed by atoms with Crippen molar-refractivity contribution in [3.8, 4) is 5.75 Å². The Morgan fingerprint density at radius 2 is 2.17 bits per heavy atom. The maximum Gasteiger partial charge on any atom is 0.475 e. The molecule has 1 aromatic carbocycles. The lowest BCUT2D eigenvalue weighted by Crippen LogP contribution is -2.50. The van der Waals surface area contributed by atoms with Gasteiger partial charge in [-0.1, -0.05) is 18.2 Å². The van der Waals surface area contributed by atoms with Crippen LogP contribution in [0, 0.1) is 5.92 Å². The van der Waals surface area contributed by atoms with Crippen LogP contribution in [-0.4, -0.2) is 47.8 Å². The van der Waals surface area contributed by atoms with Crippen LogP contribution in [0.2, 0.25) is 0 Å². The summed E-state index contributed by atoms with van der Waals surface area (Å²) in [6, 6.07) is 7.75. The number of hydrogen-bond donors (Lipinski definition) is 3. The minimum Gasteiger partial charge on any atom is -0.493 e. The number of rotatable bonds is 5. The zero-order chi connectivity index (χ0) is 16.7. The van der Waals surface area contributed by atoms with Crippen LogP contribution >= 0.6 is 0 Å². The van der Waals surface area contributed by atoms with Gasteiger partial charge >= 0.3 is 7.12 Å². The van der Waals surface area contributed by atoms with Gasteiger partial charge in [-0.25, -0.2) is 0 Å². The highest BCUT2D eigenvalue weighted by atomic mass is 16.5. The van der Waals surface area contributed by atoms with E-state index in [4.69, 9.17) is 9.47 Å². The van der Waals surface area contributed by atoms with Crippen LogP contribution in [0.15, 0.2) is 24.3 Å². The zero-order valence-electron chi connectivity index (χ0n) is 13.4. The minimum absolute atomic E-state index is 0.0120. The molecule has 1 aromatic rings. The highest BCUT2D eigenvalue weighted by Crippen LogP contribution is 2.39. The molecule has 2 bridgehead atoms. The van der Waals surface area contributed by atoms with Crippen molar-refractivity contribution in [1.29, 1.82) is 0 Å². The van der Waals surface area contributed by atoms with E-state index < -0.39 is 13.1 Å². The van der Waals surface area contributed by atoms with Crippen LogP contribution in [0.25, 0.3) is 0 Å². The number of nitrogens with one attached hydrogen (secondary N) is 1. The van der Waals surface area contributed by atoms with Gasteiger partial charge in [0.05, 0.1) is 30.7 Å². The molecule has 3 aliphatic rings. The van der Waals surface area contributed by atoms with Gasteiger partial charge in [-0.2, -0.15) is 0 Å². The molecule has 0 radical (unpaired) electrons. The summed E-state index contributed by atoms with van der Waals surface area (Å²) >= 11 is 0. The van der Waals surface area contributed by atoms with Gasteiger partial charge < -0.3 is 24.8 Å². The summed E-state index contributed by atoms with van der Waals surface area (Å²) in [6.45, 7) is 0.496. The van der Waals surface area contributed by atoms with Crippen molar-refractivity contribution in [2.24, 2.45) is 5.92 Å². The topological polar surface area (TPSA) is 88.0 Å². The lowest BCUT2D eigenvalue weighted by molar-refractivity contribution is -0.127. The van der Waals surface area contributed by atoms with Crippen LogP contribution in [0.1, 0.15) is 37.2 Å². The number of amides is 1. The summed E-state index contributed by atoms with van der Waals surface area (Å²) in [5.74, 6) is -0.132. The second-order valence-corrected chi connectivity index (χ2v) is 7.03. The molecular formula is C17H22BNO5. The van der Waals surface area contributed by atoms with Gasteiger partial charge in [-0.05, 0) is 31.7 Å². The standard InChI is InChI=1S/C17H22BNO5/c20-17(13-8-11-5-6-15(13)24-11)19-16(18(21)22)7-10-9-23-14-4-2-1-3-12(10)14/h1-4,10-11,13,15-16,21-22H,5-9H2,(H,19,20)/t10-,11+,13-,15-,16-/m0/s1. The molecule has 3 aliphatic heterocycles. The van der Waals surface area contributed by atoms with Crippen molar-refractivity contribution in [2.75, 3.05) is 6.61 Å². The third-order valence-corrected chi connectivity index (χ3v) is 5.47. The number of benzene rings is 1. The average Bonchev–Trinajstić information content (AvgIpc) is 3.29. The Morgan fingerprint density at radius 1 is 1.33 bits per heavy atom. The summed E-state index contributed by atoms with van der Waals surface area (Å²) in [4.78, 5) is 12.5. The second-order valence-electron chi connectivity index (χ2n) is 7.03. The largest absolute Gasteiger partial charge is 0.493 e. The Kier molecular flexibility index (Phi) is 4.24. The number of carbonyl (C=O) groups excluding carboxylic acids is 1. The Morgan fingerprint density at radius 3 is 2.88 bits per heavy atom. The van der Waals surface area contributed by atoms with Gasteiger partial charge in [0, 0.05) is 11.5 Å². The van der Waals surface area contributed by atoms with E-state index in [0.717, 1.165) is 30.6 Å². The van der Waals surface area contributed by atoms with Crippen LogP contribution in [0.3, 0.4) is 0 Å². The molecule has 0 spiro atoms. The molecule has 3 N–H and O–H groups in total. The molecule has 128 valence electrons. The van der Waals surface area contributed by atoms with E-state index in [1.165, 1.54) is 0 Å². The van der Waals surface area contributed by atoms with Crippen molar-refractivity contribution < 1.29 is 24.3 Å². The van der Waals surface area contributed by atoms with Crippen molar-refractivity contribution in [2.45, 2.75) is 49.8 Å². The fraction of sp³-hybridized carbons (Fsp3) is 0.588. The molecule has 0 aromatic heterocycles. The average molecular weight is 331 g/mol. The molecule has 24 heavy (non-hydrogen) atoms. The first-order valence-corrected chi connectivity index (χ1v) is 8.65. The first-order chi connectivity index (χ1) is 11.6. The van der Waals surface area contributed by atoms with Crippen molar-refractivity contribution in [1.82, 2.24) is 5.32 Å². The summed E-state index contributed by atoms with van der Waals surface area (Å²) in [7, 11) is -1.60. The summed E-state index contributed by atoms with van der Waals surface area (Å²) in [6.07, 6.45) is 3.29. The first kappa shape index (κ1) is 15.9. The number of hydrogen-bond acceptors (Lipinski definition) is 5. The number of carbonyl (C=O) groups is 1. The highest BCUT2D eigenvalue weighted by Gasteiger charge is 2.45. The van der Waals surface area contributed by atoms with E-state index in [-0.39, 0.29) is 30.0 Å². The molecule has 0 saturated carbocycles. The predicted molar refractivity (Wildman–Crippen MR) is 87.4 cm³/mol. The maximum atomic E-state index is 12.5. The molecule has 5 atom stereocenters. The number of para-hydroxylation sites is 1. The van der Waals surface area contributed by atoms with Gasteiger partial charge in [0.1, 0.15) is 5.75 Å². The van der Waals surface area contributed by atoms with Crippen molar-refractivity contribution in [3.63, 3.8) is 0 Å². The van der Waals surface area contributed by atoms with Crippen LogP contribution in [0.5, 0.6) is 5.75 Å². The van der Waals surface area contributed by atoms with E-state index in [0.29, 0.717) is 13.0 Å². The second kappa shape index (κ2) is 6.39. The van der Waals surface area contributed by atoms with Crippen molar-refractivity contribution in [3.05, 3.63) is 29.8 Å². The molecule has 7 heteroatoms. The Bertz CT molecular complexity index is 625. The third kappa shape index (κ3) is 2.92. The van der Waals surface area contributed by atoms with Gasteiger partial charge in [-0.15, -0.1) is 0 Å². The SMILES string of the molecule is O=C(N[C@@H](C[C@H]1COc2ccccc21)B(O)O)[C@H]1C[C@H]2CC[C@@H]1O2. The fourth-order valence-corrected chi connectivity index (χ4v) is 4.19. The monoisotopic (exact) mass is 331 g/mol. The highest BCUT2D eigenvalue weighted by molar-refractivity contribution is 6.43. The van der Waals surface area contributed by atoms with E-state index in [9.17, 15) is 14.8 Å². The molecule has 2 fully saturated rings. The predicted octanol–water partition coefficient (Wildman–Crippen LogP) is 0.617. The molecule has 2 saturated heterocycles. The molecule has 4 rings (SSSR count). The lowest BCUT2D eigenvalue weighted by atomic mass is 9.73. The first-order valence-electron chi connectivity index (χ1n) is 8.65. The summed E-state index contributed by atoms with van der Waals surface area (Å²) in [5, 5.41) is 22.3. The van der Waals surface area contributed by atoms with E-state index in [1.54, 1.807) is 0 Å². The smallest absolute Gasteiger partial charge is 0.475 e. The van der Waals surface area contributed by atoms with Crippen molar-refractivity contribution >= 4 is 13.0 Å². The Balaban J connectivity index is 1.41. The van der Waals surface area contributed by atoms with Crippen LogP contribution < -0.4 is 10.1 Å². The molecule has 3 heterocycles. The molecule has 0 aliphatic carbocycles. The molecule has 0 unspecified atom stereocenters. The van der Waals surface area contributed by atoms with E-state index >= 15 is 0 Å². The number of fused-ring (bicyclic) bond motifs is 3. The number of ether oxygens (including phenoxy) is 2. The minimum atomic E-state index is -1.60. The molecule has 6 nitrogen and oxygen atoms in total. The molecular weight excluding hydrogens is 309 g/mol. The summed E-state index contributed by atoms with van der Waals surface area (Å²) in [5.41, 5.74) is 1.06. The molecule has 1 amide bonds. The van der Waals surface area contributed by atoms with Gasteiger partial charge in [0.2, 0.25) is 5.91 Å². The van der Waals surface area contributed by atoms with Gasteiger partial charge in [0.25, 0.3) is 0 Å². The maximum absolute atomic E-state index is 12.5. The normalized spacial score (nSPS) is 31.4. The third-order valence-electron chi connectivity index (χ3n) is 5.47. The lowest BCUT2D eigenvalue weighted by Gasteiger charge is -2.24. The van der Waals surface area contributed by atoms with Crippen LogP contribution in [-0.2, 0) is 9.53 Å². The van der Waals surface area contributed by atoms with Crippen LogP contribution in [0.4, 0.5) is 0 Å². The summed E-state index contributed by atoms with van der Waals surface area (Å²) < 4.78 is 11.4. The van der Waals surface area contributed by atoms with E-state index in [1.807, 2.05) is 24.3 Å². The fourth-order valence-electron chi connectivity index (χ4n) is 4.19.